The van der Waals surface area contributed by atoms with Crippen LogP contribution in [0.2, 0.25) is 0 Å². The number of carbonyl (C=O) groups is 2. The lowest BCUT2D eigenvalue weighted by atomic mass is 9.84. The Morgan fingerprint density at radius 3 is 1.90 bits per heavy atom. The van der Waals surface area contributed by atoms with Gasteiger partial charge in [-0.05, 0) is 5.56 Å². The Balaban J connectivity index is 2.37. The summed E-state index contributed by atoms with van der Waals surface area (Å²) in [5, 5.41) is 0. The summed E-state index contributed by atoms with van der Waals surface area (Å²) in [6.07, 6.45) is 0. The summed E-state index contributed by atoms with van der Waals surface area (Å²) in [6.45, 7) is 0. The number of nitrogens with zero attached hydrogens (tertiary/aromatic N) is 1. The predicted molar refractivity (Wildman–Crippen MR) is 82.7 cm³/mol. The van der Waals surface area contributed by atoms with Gasteiger partial charge >= 0.3 is 0 Å². The molecule has 0 amide bonds. The largest absolute Gasteiger partial charge is 0.377 e. The van der Waals surface area contributed by atoms with Gasteiger partial charge in [-0.25, -0.2) is 0 Å². The van der Waals surface area contributed by atoms with Crippen molar-refractivity contribution < 1.29 is 9.59 Å². The topological polar surface area (TPSA) is 37.4 Å². The maximum absolute atomic E-state index is 12.6. The van der Waals surface area contributed by atoms with E-state index >= 15 is 0 Å². The molecular formula is C18H15NO2. The minimum Gasteiger partial charge on any atom is -0.377 e. The van der Waals surface area contributed by atoms with Crippen molar-refractivity contribution in [3.63, 3.8) is 0 Å². The van der Waals surface area contributed by atoms with Crippen molar-refractivity contribution in [1.82, 2.24) is 4.90 Å². The molecule has 0 heterocycles. The molecule has 104 valence electrons. The second-order valence-corrected chi connectivity index (χ2v) is 5.19. The summed E-state index contributed by atoms with van der Waals surface area (Å²) in [7, 11) is 3.77. The van der Waals surface area contributed by atoms with Crippen molar-refractivity contribution in [3.8, 4) is 0 Å². The van der Waals surface area contributed by atoms with Crippen LogP contribution in [0.3, 0.4) is 0 Å². The average molecular weight is 277 g/mol. The van der Waals surface area contributed by atoms with E-state index in [0.29, 0.717) is 11.1 Å². The van der Waals surface area contributed by atoms with Gasteiger partial charge in [-0.3, -0.25) is 9.59 Å². The van der Waals surface area contributed by atoms with Gasteiger partial charge < -0.3 is 4.90 Å². The number of allylic oxidation sites excluding steroid dienone is 1. The molecular weight excluding hydrogens is 262 g/mol. The zero-order valence-electron chi connectivity index (χ0n) is 12.0. The molecule has 0 N–H and O–H groups in total. The number of ketones is 2. The number of hydrogen-bond donors (Lipinski definition) is 0. The number of rotatable bonds is 2. The first-order chi connectivity index (χ1) is 10.1. The van der Waals surface area contributed by atoms with E-state index in [9.17, 15) is 9.59 Å². The van der Waals surface area contributed by atoms with Crippen LogP contribution < -0.4 is 0 Å². The lowest BCUT2D eigenvalue weighted by Crippen LogP contribution is -2.27. The van der Waals surface area contributed by atoms with Crippen molar-refractivity contribution in [2.45, 2.75) is 0 Å². The molecule has 3 nitrogen and oxygen atoms in total. The highest BCUT2D eigenvalue weighted by molar-refractivity contribution is 6.62. The molecule has 0 radical (unpaired) electrons. The molecule has 1 aliphatic rings. The smallest absolute Gasteiger partial charge is 0.236 e. The van der Waals surface area contributed by atoms with Gasteiger partial charge in [0.2, 0.25) is 11.6 Å². The van der Waals surface area contributed by atoms with E-state index in [1.165, 1.54) is 0 Å². The highest BCUT2D eigenvalue weighted by Gasteiger charge is 2.33. The molecule has 3 heteroatoms. The van der Waals surface area contributed by atoms with Gasteiger partial charge in [0.1, 0.15) is 0 Å². The number of benzene rings is 2. The lowest BCUT2D eigenvalue weighted by Gasteiger charge is -2.27. The molecule has 0 unspecified atom stereocenters. The van der Waals surface area contributed by atoms with Gasteiger partial charge in [-0.1, -0.05) is 54.6 Å². The summed E-state index contributed by atoms with van der Waals surface area (Å²) >= 11 is 0. The molecule has 0 bridgehead atoms. The summed E-state index contributed by atoms with van der Waals surface area (Å²) in [4.78, 5) is 26.8. The van der Waals surface area contributed by atoms with Crippen molar-refractivity contribution >= 4 is 22.8 Å². The summed E-state index contributed by atoms with van der Waals surface area (Å²) in [5.74, 6) is -0.876. The second kappa shape index (κ2) is 5.02. The third-order valence-electron chi connectivity index (χ3n) is 3.61. The van der Waals surface area contributed by atoms with Gasteiger partial charge in [-0.15, -0.1) is 0 Å². The van der Waals surface area contributed by atoms with Gasteiger partial charge in [0, 0.05) is 25.2 Å². The SMILES string of the molecule is CN(C)C1=C(c2ccccc2)C(=O)C(=O)c2ccccc21. The number of hydrogen-bond acceptors (Lipinski definition) is 3. The van der Waals surface area contributed by atoms with E-state index in [1.54, 1.807) is 12.1 Å². The second-order valence-electron chi connectivity index (χ2n) is 5.19. The normalized spacial score (nSPS) is 14.2. The maximum atomic E-state index is 12.6. The Hall–Kier alpha value is -2.68. The van der Waals surface area contributed by atoms with Crippen LogP contribution in [0, 0.1) is 0 Å². The Kier molecular flexibility index (Phi) is 3.18. The van der Waals surface area contributed by atoms with Crippen molar-refractivity contribution in [1.29, 1.82) is 0 Å². The third kappa shape index (κ3) is 2.07. The molecule has 0 fully saturated rings. The molecule has 21 heavy (non-hydrogen) atoms. The number of carbonyl (C=O) groups excluding carboxylic acids is 2. The number of fused-ring (bicyclic) bond motifs is 1. The quantitative estimate of drug-likeness (QED) is 0.792. The van der Waals surface area contributed by atoms with Crippen LogP contribution in [0.1, 0.15) is 21.5 Å². The Labute approximate surface area is 123 Å². The van der Waals surface area contributed by atoms with Gasteiger partial charge in [0.05, 0.1) is 11.3 Å². The van der Waals surface area contributed by atoms with E-state index in [-0.39, 0.29) is 0 Å². The van der Waals surface area contributed by atoms with Crippen molar-refractivity contribution in [3.05, 3.63) is 71.3 Å². The Bertz CT molecular complexity index is 758. The summed E-state index contributed by atoms with van der Waals surface area (Å²) in [6, 6.07) is 16.6. The van der Waals surface area contributed by atoms with E-state index in [2.05, 4.69) is 0 Å². The predicted octanol–water partition coefficient (Wildman–Crippen LogP) is 2.88. The first kappa shape index (κ1) is 13.3. The first-order valence-electron chi connectivity index (χ1n) is 6.76. The van der Waals surface area contributed by atoms with Crippen LogP contribution >= 0.6 is 0 Å². The summed E-state index contributed by atoms with van der Waals surface area (Å²) < 4.78 is 0. The summed E-state index contributed by atoms with van der Waals surface area (Å²) in [5.41, 5.74) is 3.33. The molecule has 2 aromatic carbocycles. The Morgan fingerprint density at radius 2 is 1.29 bits per heavy atom. The molecule has 0 atom stereocenters. The average Bonchev–Trinajstić information content (AvgIpc) is 2.51. The highest BCUT2D eigenvalue weighted by atomic mass is 16.2. The minimum absolute atomic E-state index is 0.435. The molecule has 0 aromatic heterocycles. The van der Waals surface area contributed by atoms with E-state index in [4.69, 9.17) is 0 Å². The Morgan fingerprint density at radius 1 is 0.714 bits per heavy atom. The molecule has 0 saturated carbocycles. The first-order valence-corrected chi connectivity index (χ1v) is 6.76. The van der Waals surface area contributed by atoms with Crippen LogP contribution in [0.25, 0.3) is 11.3 Å². The van der Waals surface area contributed by atoms with E-state index < -0.39 is 11.6 Å². The molecule has 3 rings (SSSR count). The molecule has 1 aliphatic carbocycles. The molecule has 2 aromatic rings. The van der Waals surface area contributed by atoms with E-state index in [1.807, 2.05) is 61.5 Å². The zero-order chi connectivity index (χ0) is 15.0. The fraction of sp³-hybridized carbons (Fsp3) is 0.111. The van der Waals surface area contributed by atoms with Gasteiger partial charge in [0.15, 0.2) is 0 Å². The minimum atomic E-state index is -0.441. The molecule has 0 spiro atoms. The van der Waals surface area contributed by atoms with Crippen LogP contribution in [0.15, 0.2) is 54.6 Å². The van der Waals surface area contributed by atoms with Gasteiger partial charge in [0.25, 0.3) is 0 Å². The highest BCUT2D eigenvalue weighted by Crippen LogP contribution is 2.35. The zero-order valence-corrected chi connectivity index (χ0v) is 12.0. The molecule has 0 aliphatic heterocycles. The fourth-order valence-electron chi connectivity index (χ4n) is 2.70. The van der Waals surface area contributed by atoms with Crippen LogP contribution in [-0.4, -0.2) is 30.6 Å². The van der Waals surface area contributed by atoms with Crippen LogP contribution in [0.4, 0.5) is 0 Å². The standard InChI is InChI=1S/C18H15NO2/c1-19(2)16-13-10-6-7-11-14(13)17(20)18(21)15(16)12-8-4-3-5-9-12/h3-11H,1-2H3. The maximum Gasteiger partial charge on any atom is 0.236 e. The van der Waals surface area contributed by atoms with Gasteiger partial charge in [-0.2, -0.15) is 0 Å². The fourth-order valence-corrected chi connectivity index (χ4v) is 2.70. The lowest BCUT2D eigenvalue weighted by molar-refractivity contribution is -0.110. The van der Waals surface area contributed by atoms with Crippen molar-refractivity contribution in [2.75, 3.05) is 14.1 Å². The van der Waals surface area contributed by atoms with Crippen LogP contribution in [0.5, 0.6) is 0 Å². The van der Waals surface area contributed by atoms with Crippen LogP contribution in [-0.2, 0) is 4.79 Å². The monoisotopic (exact) mass is 277 g/mol. The number of Topliss-reactive ketones (excluding diaryl/α,β-unsaturated/α-hetero) is 2. The third-order valence-corrected chi connectivity index (χ3v) is 3.61. The van der Waals surface area contributed by atoms with E-state index in [0.717, 1.165) is 16.8 Å². The molecule has 0 saturated heterocycles. The van der Waals surface area contributed by atoms with Crippen molar-refractivity contribution in [2.24, 2.45) is 0 Å².